The number of halogens is 5. The third kappa shape index (κ3) is 6.94. The molecule has 0 radical (unpaired) electrons. The molecule has 0 saturated heterocycles. The average molecular weight is 440 g/mol. The Hall–Kier alpha value is -2.11. The summed E-state index contributed by atoms with van der Waals surface area (Å²) in [6.07, 6.45) is 3.44. The zero-order valence-corrected chi connectivity index (χ0v) is 17.8. The van der Waals surface area contributed by atoms with Crippen LogP contribution in [0.1, 0.15) is 74.5 Å². The lowest BCUT2D eigenvalue weighted by Gasteiger charge is -2.29. The molecule has 2 aromatic rings. The van der Waals surface area contributed by atoms with Crippen LogP contribution in [0.4, 0.5) is 22.0 Å². The van der Waals surface area contributed by atoms with Gasteiger partial charge in [0.1, 0.15) is 17.4 Å². The van der Waals surface area contributed by atoms with E-state index in [2.05, 4.69) is 11.7 Å². The first-order valence-corrected chi connectivity index (χ1v) is 11.0. The van der Waals surface area contributed by atoms with Crippen molar-refractivity contribution in [1.82, 2.24) is 0 Å². The lowest BCUT2D eigenvalue weighted by molar-refractivity contribution is -0.153. The summed E-state index contributed by atoms with van der Waals surface area (Å²) in [7, 11) is 0. The monoisotopic (exact) mass is 440 g/mol. The van der Waals surface area contributed by atoms with E-state index in [1.165, 1.54) is 55.7 Å². The molecule has 2 aromatic carbocycles. The summed E-state index contributed by atoms with van der Waals surface area (Å²) in [5, 5.41) is 0. The second-order valence-electron chi connectivity index (χ2n) is 8.55. The highest BCUT2D eigenvalue weighted by Gasteiger charge is 2.28. The van der Waals surface area contributed by atoms with Crippen molar-refractivity contribution >= 4 is 0 Å². The van der Waals surface area contributed by atoms with E-state index < -0.39 is 24.4 Å². The molecule has 6 heteroatoms. The van der Waals surface area contributed by atoms with E-state index in [0.717, 1.165) is 37.2 Å². The molecule has 0 unspecified atom stereocenters. The van der Waals surface area contributed by atoms with Crippen LogP contribution >= 0.6 is 0 Å². The molecule has 31 heavy (non-hydrogen) atoms. The van der Waals surface area contributed by atoms with Crippen molar-refractivity contribution in [3.05, 3.63) is 64.7 Å². The standard InChI is InChI=1S/C25H29F5O/c1-2-3-4-17-5-9-19(10-6-17)20-14-23(26)22(24(27)15-20)13-18-7-11-21(12-8-18)31-16-25(28,29)30/h7-8,11-12,14-15,17,19H,2-6,9-10,13,16H2,1H3. The van der Waals surface area contributed by atoms with Crippen LogP contribution in [-0.2, 0) is 6.42 Å². The van der Waals surface area contributed by atoms with Gasteiger partial charge in [-0.25, -0.2) is 8.78 Å². The molecule has 170 valence electrons. The fourth-order valence-electron chi connectivity index (χ4n) is 4.38. The Morgan fingerprint density at radius 3 is 2.10 bits per heavy atom. The molecule has 1 aliphatic rings. The smallest absolute Gasteiger partial charge is 0.422 e. The molecule has 1 saturated carbocycles. The fourth-order valence-corrected chi connectivity index (χ4v) is 4.38. The van der Waals surface area contributed by atoms with E-state index in [4.69, 9.17) is 0 Å². The van der Waals surface area contributed by atoms with Gasteiger partial charge in [0.2, 0.25) is 0 Å². The summed E-state index contributed by atoms with van der Waals surface area (Å²) >= 11 is 0. The van der Waals surface area contributed by atoms with E-state index in [-0.39, 0.29) is 23.7 Å². The van der Waals surface area contributed by atoms with Crippen LogP contribution in [0.5, 0.6) is 5.75 Å². The van der Waals surface area contributed by atoms with Gasteiger partial charge in [0.15, 0.2) is 6.61 Å². The third-order valence-corrected chi connectivity index (χ3v) is 6.15. The molecule has 0 N–H and O–H groups in total. The SMILES string of the molecule is CCCCC1CCC(c2cc(F)c(Cc3ccc(OCC(F)(F)F)cc3)c(F)c2)CC1. The zero-order valence-electron chi connectivity index (χ0n) is 17.8. The van der Waals surface area contributed by atoms with Crippen molar-refractivity contribution in [1.29, 1.82) is 0 Å². The van der Waals surface area contributed by atoms with Gasteiger partial charge in [0, 0.05) is 12.0 Å². The van der Waals surface area contributed by atoms with E-state index in [1.807, 2.05) is 0 Å². The molecule has 0 atom stereocenters. The van der Waals surface area contributed by atoms with Gasteiger partial charge in [0.05, 0.1) is 0 Å². The van der Waals surface area contributed by atoms with Gasteiger partial charge < -0.3 is 4.74 Å². The number of hydrogen-bond acceptors (Lipinski definition) is 1. The normalized spacial score (nSPS) is 19.4. The van der Waals surface area contributed by atoms with Gasteiger partial charge >= 0.3 is 6.18 Å². The summed E-state index contributed by atoms with van der Waals surface area (Å²) in [6, 6.07) is 8.71. The van der Waals surface area contributed by atoms with Crippen LogP contribution in [0, 0.1) is 17.6 Å². The minimum Gasteiger partial charge on any atom is -0.484 e. The molecular formula is C25H29F5O. The number of hydrogen-bond donors (Lipinski definition) is 0. The van der Waals surface area contributed by atoms with Crippen molar-refractivity contribution in [3.8, 4) is 5.75 Å². The number of ether oxygens (including phenoxy) is 1. The van der Waals surface area contributed by atoms with Gasteiger partial charge in [-0.05, 0) is 72.9 Å². The Balaban J connectivity index is 1.62. The van der Waals surface area contributed by atoms with Crippen molar-refractivity contribution in [2.45, 2.75) is 70.4 Å². The van der Waals surface area contributed by atoms with Crippen LogP contribution < -0.4 is 4.74 Å². The first kappa shape index (κ1) is 23.6. The number of benzene rings is 2. The molecule has 0 heterocycles. The van der Waals surface area contributed by atoms with Crippen LogP contribution in [-0.4, -0.2) is 12.8 Å². The largest absolute Gasteiger partial charge is 0.484 e. The van der Waals surface area contributed by atoms with Crippen molar-refractivity contribution in [2.75, 3.05) is 6.61 Å². The van der Waals surface area contributed by atoms with Gasteiger partial charge in [-0.2, -0.15) is 13.2 Å². The summed E-state index contributed by atoms with van der Waals surface area (Å²) < 4.78 is 70.8. The zero-order chi connectivity index (χ0) is 22.4. The fraction of sp³-hybridized carbons (Fsp3) is 0.520. The maximum absolute atomic E-state index is 14.7. The molecule has 1 fully saturated rings. The van der Waals surface area contributed by atoms with Crippen LogP contribution in [0.15, 0.2) is 36.4 Å². The van der Waals surface area contributed by atoms with Crippen LogP contribution in [0.25, 0.3) is 0 Å². The van der Waals surface area contributed by atoms with E-state index >= 15 is 0 Å². The Labute approximate surface area is 180 Å². The van der Waals surface area contributed by atoms with Gasteiger partial charge in [-0.3, -0.25) is 0 Å². The summed E-state index contributed by atoms with van der Waals surface area (Å²) in [4.78, 5) is 0. The Morgan fingerprint density at radius 2 is 1.55 bits per heavy atom. The highest BCUT2D eigenvalue weighted by molar-refractivity contribution is 5.35. The topological polar surface area (TPSA) is 9.23 Å². The first-order chi connectivity index (χ1) is 14.7. The molecule has 1 nitrogen and oxygen atoms in total. The van der Waals surface area contributed by atoms with Gasteiger partial charge in [-0.1, -0.05) is 38.3 Å². The number of unbranched alkanes of at least 4 members (excludes halogenated alkanes) is 1. The van der Waals surface area contributed by atoms with E-state index in [0.29, 0.717) is 5.56 Å². The second kappa shape index (κ2) is 10.5. The van der Waals surface area contributed by atoms with E-state index in [9.17, 15) is 22.0 Å². The molecule has 0 amide bonds. The molecule has 3 rings (SSSR count). The first-order valence-electron chi connectivity index (χ1n) is 11.0. The molecular weight excluding hydrogens is 411 g/mol. The quantitative estimate of drug-likeness (QED) is 0.378. The summed E-state index contributed by atoms with van der Waals surface area (Å²) in [5.74, 6) is -0.151. The molecule has 0 aromatic heterocycles. The predicted octanol–water partition coefficient (Wildman–Crippen LogP) is 7.96. The highest BCUT2D eigenvalue weighted by atomic mass is 19.4. The highest BCUT2D eigenvalue weighted by Crippen LogP contribution is 2.38. The van der Waals surface area contributed by atoms with Crippen molar-refractivity contribution < 1.29 is 26.7 Å². The maximum Gasteiger partial charge on any atom is 0.422 e. The molecule has 0 bridgehead atoms. The lowest BCUT2D eigenvalue weighted by atomic mass is 9.77. The van der Waals surface area contributed by atoms with Crippen LogP contribution in [0.2, 0.25) is 0 Å². The third-order valence-electron chi connectivity index (χ3n) is 6.15. The lowest BCUT2D eigenvalue weighted by Crippen LogP contribution is -2.19. The van der Waals surface area contributed by atoms with Crippen LogP contribution in [0.3, 0.4) is 0 Å². The van der Waals surface area contributed by atoms with Gasteiger partial charge in [0.25, 0.3) is 0 Å². The average Bonchev–Trinajstić information content (AvgIpc) is 2.74. The van der Waals surface area contributed by atoms with Crippen molar-refractivity contribution in [2.24, 2.45) is 5.92 Å². The van der Waals surface area contributed by atoms with E-state index in [1.54, 1.807) is 0 Å². The molecule has 1 aliphatic carbocycles. The Kier molecular flexibility index (Phi) is 7.95. The molecule has 0 aliphatic heterocycles. The Bertz CT molecular complexity index is 813. The molecule has 0 spiro atoms. The minimum atomic E-state index is -4.42. The second-order valence-corrected chi connectivity index (χ2v) is 8.55. The summed E-state index contributed by atoms with van der Waals surface area (Å²) in [5.41, 5.74) is 1.30. The van der Waals surface area contributed by atoms with Crippen molar-refractivity contribution in [3.63, 3.8) is 0 Å². The number of rotatable bonds is 8. The predicted molar refractivity (Wildman–Crippen MR) is 111 cm³/mol. The summed E-state index contributed by atoms with van der Waals surface area (Å²) in [6.45, 7) is 0.812. The number of alkyl halides is 3. The van der Waals surface area contributed by atoms with Gasteiger partial charge in [-0.15, -0.1) is 0 Å². The Morgan fingerprint density at radius 1 is 0.935 bits per heavy atom. The minimum absolute atomic E-state index is 0.0238. The maximum atomic E-state index is 14.7.